The summed E-state index contributed by atoms with van der Waals surface area (Å²) in [6.45, 7) is 5.99. The highest BCUT2D eigenvalue weighted by Gasteiger charge is 2.29. The monoisotopic (exact) mass is 235 g/mol. The molecule has 3 atom stereocenters. The van der Waals surface area contributed by atoms with Crippen LogP contribution in [0.1, 0.15) is 25.5 Å². The normalized spacial score (nSPS) is 27.9. The van der Waals surface area contributed by atoms with Crippen LogP contribution in [0.3, 0.4) is 0 Å². The zero-order valence-electron chi connectivity index (χ0n) is 10.5. The van der Waals surface area contributed by atoms with E-state index in [1.54, 1.807) is 0 Å². The average Bonchev–Trinajstić information content (AvgIpc) is 2.39. The predicted molar refractivity (Wildman–Crippen MR) is 67.9 cm³/mol. The Labute approximate surface area is 103 Å². The zero-order chi connectivity index (χ0) is 12.3. The minimum atomic E-state index is -0.0441. The molecule has 0 aliphatic carbocycles. The molecule has 0 saturated carbocycles. The first-order valence-electron chi connectivity index (χ1n) is 6.25. The molecule has 1 aromatic rings. The molecular weight excluding hydrogens is 214 g/mol. The van der Waals surface area contributed by atoms with Crippen molar-refractivity contribution in [2.45, 2.75) is 32.0 Å². The fourth-order valence-electron chi connectivity index (χ4n) is 2.41. The molecule has 1 heterocycles. The van der Waals surface area contributed by atoms with E-state index in [1.165, 1.54) is 5.56 Å². The van der Waals surface area contributed by atoms with Gasteiger partial charge in [-0.2, -0.15) is 0 Å². The molecule has 3 nitrogen and oxygen atoms in total. The number of morpholine rings is 1. The van der Waals surface area contributed by atoms with Crippen molar-refractivity contribution >= 4 is 0 Å². The van der Waals surface area contributed by atoms with Crippen LogP contribution in [-0.4, -0.2) is 41.9 Å². The van der Waals surface area contributed by atoms with Crippen LogP contribution >= 0.6 is 0 Å². The molecule has 1 fully saturated rings. The van der Waals surface area contributed by atoms with Crippen LogP contribution in [-0.2, 0) is 4.74 Å². The minimum Gasteiger partial charge on any atom is -0.394 e. The highest BCUT2D eigenvalue weighted by molar-refractivity contribution is 5.18. The summed E-state index contributed by atoms with van der Waals surface area (Å²) in [7, 11) is 0. The summed E-state index contributed by atoms with van der Waals surface area (Å²) in [6, 6.07) is 11.2. The van der Waals surface area contributed by atoms with Crippen molar-refractivity contribution in [1.29, 1.82) is 0 Å². The van der Waals surface area contributed by atoms with Gasteiger partial charge in [-0.25, -0.2) is 0 Å². The molecular formula is C14H21NO2. The fourth-order valence-corrected chi connectivity index (χ4v) is 2.41. The molecule has 94 valence electrons. The van der Waals surface area contributed by atoms with Gasteiger partial charge in [-0.1, -0.05) is 30.3 Å². The summed E-state index contributed by atoms with van der Waals surface area (Å²) in [5.74, 6) is 0. The molecule has 0 amide bonds. The number of hydrogen-bond donors (Lipinski definition) is 1. The molecule has 2 rings (SSSR count). The van der Waals surface area contributed by atoms with Crippen LogP contribution in [0.5, 0.6) is 0 Å². The zero-order valence-corrected chi connectivity index (χ0v) is 10.5. The smallest absolute Gasteiger partial charge is 0.0933 e. The Hall–Kier alpha value is -0.900. The standard InChI is InChI=1S/C14H21NO2/c1-11-10-17-14(9-16)8-15(11)12(2)13-6-4-3-5-7-13/h3-7,11-12,14,16H,8-10H2,1-2H3. The molecule has 0 spiro atoms. The van der Waals surface area contributed by atoms with Crippen LogP contribution < -0.4 is 0 Å². The van der Waals surface area contributed by atoms with Gasteiger partial charge in [0.25, 0.3) is 0 Å². The lowest BCUT2D eigenvalue weighted by molar-refractivity contribution is -0.0896. The van der Waals surface area contributed by atoms with E-state index >= 15 is 0 Å². The summed E-state index contributed by atoms with van der Waals surface area (Å²) in [4.78, 5) is 2.40. The molecule has 1 aliphatic rings. The quantitative estimate of drug-likeness (QED) is 0.867. The summed E-state index contributed by atoms with van der Waals surface area (Å²) < 4.78 is 5.56. The highest BCUT2D eigenvalue weighted by Crippen LogP contribution is 2.25. The van der Waals surface area contributed by atoms with Crippen molar-refractivity contribution < 1.29 is 9.84 Å². The Morgan fingerprint density at radius 3 is 2.76 bits per heavy atom. The highest BCUT2D eigenvalue weighted by atomic mass is 16.5. The maximum Gasteiger partial charge on any atom is 0.0933 e. The van der Waals surface area contributed by atoms with Crippen molar-refractivity contribution in [3.8, 4) is 0 Å². The summed E-state index contributed by atoms with van der Waals surface area (Å²) in [6.07, 6.45) is -0.0441. The average molecular weight is 235 g/mol. The van der Waals surface area contributed by atoms with Crippen molar-refractivity contribution in [2.75, 3.05) is 19.8 Å². The number of aliphatic hydroxyl groups excluding tert-OH is 1. The summed E-state index contributed by atoms with van der Waals surface area (Å²) >= 11 is 0. The van der Waals surface area contributed by atoms with Gasteiger partial charge in [-0.15, -0.1) is 0 Å². The van der Waals surface area contributed by atoms with Gasteiger partial charge in [0.05, 0.1) is 19.3 Å². The molecule has 1 N–H and O–H groups in total. The predicted octanol–water partition coefficient (Wildman–Crippen LogP) is 1.83. The third-order valence-electron chi connectivity index (χ3n) is 3.54. The molecule has 1 aromatic carbocycles. The maximum absolute atomic E-state index is 9.20. The number of rotatable bonds is 3. The van der Waals surface area contributed by atoms with Gasteiger partial charge in [-0.3, -0.25) is 4.90 Å². The molecule has 0 bridgehead atoms. The minimum absolute atomic E-state index is 0.0441. The van der Waals surface area contributed by atoms with E-state index < -0.39 is 0 Å². The van der Waals surface area contributed by atoms with E-state index in [4.69, 9.17) is 4.74 Å². The number of nitrogens with zero attached hydrogens (tertiary/aromatic N) is 1. The van der Waals surface area contributed by atoms with E-state index in [0.717, 1.165) is 6.54 Å². The molecule has 3 heteroatoms. The molecule has 17 heavy (non-hydrogen) atoms. The molecule has 1 aliphatic heterocycles. The third kappa shape index (κ3) is 2.86. The Morgan fingerprint density at radius 1 is 1.41 bits per heavy atom. The van der Waals surface area contributed by atoms with Gasteiger partial charge in [0.2, 0.25) is 0 Å². The van der Waals surface area contributed by atoms with Gasteiger partial charge < -0.3 is 9.84 Å². The van der Waals surface area contributed by atoms with Crippen LogP contribution in [0.15, 0.2) is 30.3 Å². The van der Waals surface area contributed by atoms with Gasteiger partial charge in [0.1, 0.15) is 0 Å². The van der Waals surface area contributed by atoms with E-state index in [9.17, 15) is 5.11 Å². The first-order valence-corrected chi connectivity index (χ1v) is 6.25. The first kappa shape index (κ1) is 12.6. The van der Waals surface area contributed by atoms with Gasteiger partial charge in [-0.05, 0) is 19.4 Å². The molecule has 0 aromatic heterocycles. The van der Waals surface area contributed by atoms with Crippen LogP contribution in [0.25, 0.3) is 0 Å². The van der Waals surface area contributed by atoms with Crippen molar-refractivity contribution in [2.24, 2.45) is 0 Å². The lowest BCUT2D eigenvalue weighted by atomic mass is 10.0. The number of benzene rings is 1. The maximum atomic E-state index is 9.20. The SMILES string of the molecule is CC1COC(CO)CN1C(C)c1ccccc1. The van der Waals surface area contributed by atoms with Gasteiger partial charge in [0, 0.05) is 18.6 Å². The molecule has 0 radical (unpaired) electrons. The lowest BCUT2D eigenvalue weighted by Crippen LogP contribution is -2.50. The topological polar surface area (TPSA) is 32.7 Å². The van der Waals surface area contributed by atoms with Crippen LogP contribution in [0.2, 0.25) is 0 Å². The van der Waals surface area contributed by atoms with Gasteiger partial charge in [0.15, 0.2) is 0 Å². The fraction of sp³-hybridized carbons (Fsp3) is 0.571. The second kappa shape index (κ2) is 5.63. The van der Waals surface area contributed by atoms with E-state index in [1.807, 2.05) is 6.07 Å². The number of aliphatic hydroxyl groups is 1. The summed E-state index contributed by atoms with van der Waals surface area (Å²) in [5, 5.41) is 9.20. The van der Waals surface area contributed by atoms with E-state index in [2.05, 4.69) is 43.0 Å². The number of ether oxygens (including phenoxy) is 1. The van der Waals surface area contributed by atoms with Crippen LogP contribution in [0.4, 0.5) is 0 Å². The Balaban J connectivity index is 2.09. The van der Waals surface area contributed by atoms with Crippen molar-refractivity contribution in [3.63, 3.8) is 0 Å². The van der Waals surface area contributed by atoms with Gasteiger partial charge >= 0.3 is 0 Å². The Morgan fingerprint density at radius 2 is 2.12 bits per heavy atom. The van der Waals surface area contributed by atoms with Crippen molar-refractivity contribution in [1.82, 2.24) is 4.90 Å². The van der Waals surface area contributed by atoms with Crippen LogP contribution in [0, 0.1) is 0 Å². The molecule has 1 saturated heterocycles. The lowest BCUT2D eigenvalue weighted by Gasteiger charge is -2.41. The Bertz CT molecular complexity index is 341. The second-order valence-corrected chi connectivity index (χ2v) is 4.77. The van der Waals surface area contributed by atoms with Crippen molar-refractivity contribution in [3.05, 3.63) is 35.9 Å². The molecule has 3 unspecified atom stereocenters. The first-order chi connectivity index (χ1) is 8.22. The number of hydrogen-bond acceptors (Lipinski definition) is 3. The van der Waals surface area contributed by atoms with E-state index in [-0.39, 0.29) is 12.7 Å². The summed E-state index contributed by atoms with van der Waals surface area (Å²) in [5.41, 5.74) is 1.32. The van der Waals surface area contributed by atoms with E-state index in [0.29, 0.717) is 18.7 Å². The Kier molecular flexibility index (Phi) is 4.15. The second-order valence-electron chi connectivity index (χ2n) is 4.77. The largest absolute Gasteiger partial charge is 0.394 e. The third-order valence-corrected chi connectivity index (χ3v) is 3.54.